The van der Waals surface area contributed by atoms with Crippen molar-refractivity contribution in [3.8, 4) is 0 Å². The van der Waals surface area contributed by atoms with E-state index in [1.54, 1.807) is 0 Å². The van der Waals surface area contributed by atoms with Gasteiger partial charge >= 0.3 is 0 Å². The van der Waals surface area contributed by atoms with E-state index in [2.05, 4.69) is 13.8 Å². The molecule has 2 N–H and O–H groups in total. The lowest BCUT2D eigenvalue weighted by atomic mass is 9.87. The summed E-state index contributed by atoms with van der Waals surface area (Å²) in [5.74, 6) is 1.27. The van der Waals surface area contributed by atoms with Gasteiger partial charge < -0.3 is 10.5 Å². The molecule has 0 saturated carbocycles. The minimum absolute atomic E-state index is 0.354. The van der Waals surface area contributed by atoms with Crippen molar-refractivity contribution in [2.75, 3.05) is 13.2 Å². The Labute approximate surface area is 75.5 Å². The van der Waals surface area contributed by atoms with Gasteiger partial charge in [0.1, 0.15) is 0 Å². The normalized spacial score (nSPS) is 28.8. The van der Waals surface area contributed by atoms with Gasteiger partial charge in [0.2, 0.25) is 0 Å². The third kappa shape index (κ3) is 2.46. The molecule has 2 heteroatoms. The molecule has 0 aromatic heterocycles. The summed E-state index contributed by atoms with van der Waals surface area (Å²) in [6.45, 7) is 6.27. The largest absolute Gasteiger partial charge is 0.381 e. The molecule has 0 aromatic carbocycles. The van der Waals surface area contributed by atoms with Gasteiger partial charge in [0.05, 0.1) is 6.61 Å². The van der Waals surface area contributed by atoms with Crippen LogP contribution in [0.25, 0.3) is 0 Å². The third-order valence-electron chi connectivity index (χ3n) is 2.91. The van der Waals surface area contributed by atoms with Gasteiger partial charge in [0.15, 0.2) is 0 Å². The Morgan fingerprint density at radius 2 is 2.33 bits per heavy atom. The van der Waals surface area contributed by atoms with Crippen molar-refractivity contribution in [1.82, 2.24) is 0 Å². The fraction of sp³-hybridized carbons (Fsp3) is 1.00. The third-order valence-corrected chi connectivity index (χ3v) is 2.91. The maximum Gasteiger partial charge on any atom is 0.0510 e. The summed E-state index contributed by atoms with van der Waals surface area (Å²) in [5.41, 5.74) is 6.13. The lowest BCUT2D eigenvalue weighted by Crippen LogP contribution is -2.36. The monoisotopic (exact) mass is 171 g/mol. The fourth-order valence-electron chi connectivity index (χ4n) is 1.97. The maximum atomic E-state index is 6.13. The van der Waals surface area contributed by atoms with E-state index >= 15 is 0 Å². The van der Waals surface area contributed by atoms with Crippen molar-refractivity contribution in [3.63, 3.8) is 0 Å². The first kappa shape index (κ1) is 10.0. The van der Waals surface area contributed by atoms with Crippen molar-refractivity contribution in [3.05, 3.63) is 0 Å². The SMILES string of the molecule is CCCC(C)C(N)C1CCOC1. The highest BCUT2D eigenvalue weighted by atomic mass is 16.5. The summed E-state index contributed by atoms with van der Waals surface area (Å²) in [6.07, 6.45) is 3.65. The molecule has 0 radical (unpaired) electrons. The summed E-state index contributed by atoms with van der Waals surface area (Å²) < 4.78 is 5.33. The highest BCUT2D eigenvalue weighted by molar-refractivity contribution is 4.80. The molecule has 1 heterocycles. The predicted molar refractivity (Wildman–Crippen MR) is 51.0 cm³/mol. The Kier molecular flexibility index (Phi) is 4.02. The van der Waals surface area contributed by atoms with Crippen molar-refractivity contribution in [1.29, 1.82) is 0 Å². The van der Waals surface area contributed by atoms with Crippen LogP contribution in [0.2, 0.25) is 0 Å². The molecule has 0 aromatic rings. The molecular weight excluding hydrogens is 150 g/mol. The van der Waals surface area contributed by atoms with Gasteiger partial charge in [0.25, 0.3) is 0 Å². The Morgan fingerprint density at radius 3 is 2.83 bits per heavy atom. The molecule has 72 valence electrons. The summed E-state index contributed by atoms with van der Waals surface area (Å²) in [5, 5.41) is 0. The van der Waals surface area contributed by atoms with E-state index in [0.717, 1.165) is 19.6 Å². The molecule has 3 unspecified atom stereocenters. The van der Waals surface area contributed by atoms with Crippen LogP contribution in [0.3, 0.4) is 0 Å². The van der Waals surface area contributed by atoms with Crippen LogP contribution in [0.1, 0.15) is 33.1 Å². The van der Waals surface area contributed by atoms with Crippen LogP contribution in [0.15, 0.2) is 0 Å². The number of ether oxygens (including phenoxy) is 1. The van der Waals surface area contributed by atoms with E-state index in [-0.39, 0.29) is 0 Å². The van der Waals surface area contributed by atoms with E-state index in [1.165, 1.54) is 12.8 Å². The van der Waals surface area contributed by atoms with Crippen molar-refractivity contribution >= 4 is 0 Å². The molecule has 1 saturated heterocycles. The zero-order valence-electron chi connectivity index (χ0n) is 8.25. The van der Waals surface area contributed by atoms with Gasteiger partial charge in [-0.1, -0.05) is 20.3 Å². The first-order valence-corrected chi connectivity index (χ1v) is 5.09. The Bertz CT molecular complexity index is 121. The second-order valence-corrected chi connectivity index (χ2v) is 3.97. The van der Waals surface area contributed by atoms with Crippen LogP contribution in [0, 0.1) is 11.8 Å². The fourth-order valence-corrected chi connectivity index (χ4v) is 1.97. The quantitative estimate of drug-likeness (QED) is 0.700. The van der Waals surface area contributed by atoms with Gasteiger partial charge in [-0.2, -0.15) is 0 Å². The number of nitrogens with two attached hydrogens (primary N) is 1. The van der Waals surface area contributed by atoms with Gasteiger partial charge in [0, 0.05) is 12.6 Å². The highest BCUT2D eigenvalue weighted by Gasteiger charge is 2.26. The lowest BCUT2D eigenvalue weighted by Gasteiger charge is -2.24. The van der Waals surface area contributed by atoms with Crippen molar-refractivity contribution in [2.24, 2.45) is 17.6 Å². The number of hydrogen-bond donors (Lipinski definition) is 1. The smallest absolute Gasteiger partial charge is 0.0510 e. The van der Waals surface area contributed by atoms with E-state index in [4.69, 9.17) is 10.5 Å². The van der Waals surface area contributed by atoms with Crippen LogP contribution in [0.4, 0.5) is 0 Å². The van der Waals surface area contributed by atoms with Crippen LogP contribution >= 0.6 is 0 Å². The topological polar surface area (TPSA) is 35.2 Å². The van der Waals surface area contributed by atoms with Crippen LogP contribution < -0.4 is 5.73 Å². The molecule has 0 amide bonds. The summed E-state index contributed by atoms with van der Waals surface area (Å²) in [4.78, 5) is 0. The van der Waals surface area contributed by atoms with Gasteiger partial charge in [-0.15, -0.1) is 0 Å². The van der Waals surface area contributed by atoms with Gasteiger partial charge in [-0.25, -0.2) is 0 Å². The van der Waals surface area contributed by atoms with Crippen molar-refractivity contribution < 1.29 is 4.74 Å². The average molecular weight is 171 g/mol. The molecular formula is C10H21NO. The molecule has 2 nitrogen and oxygen atoms in total. The maximum absolute atomic E-state index is 6.13. The molecule has 0 aliphatic carbocycles. The second kappa shape index (κ2) is 4.83. The van der Waals surface area contributed by atoms with Crippen LogP contribution in [0.5, 0.6) is 0 Å². The molecule has 1 aliphatic rings. The molecule has 0 spiro atoms. The number of hydrogen-bond acceptors (Lipinski definition) is 2. The van der Waals surface area contributed by atoms with Crippen LogP contribution in [-0.4, -0.2) is 19.3 Å². The molecule has 1 fully saturated rings. The lowest BCUT2D eigenvalue weighted by molar-refractivity contribution is 0.173. The average Bonchev–Trinajstić information content (AvgIpc) is 2.55. The summed E-state index contributed by atoms with van der Waals surface area (Å²) >= 11 is 0. The van der Waals surface area contributed by atoms with Crippen LogP contribution in [-0.2, 0) is 4.74 Å². The van der Waals surface area contributed by atoms with E-state index in [1.807, 2.05) is 0 Å². The number of rotatable bonds is 4. The molecule has 3 atom stereocenters. The summed E-state index contributed by atoms with van der Waals surface area (Å²) in [7, 11) is 0. The van der Waals surface area contributed by atoms with E-state index in [0.29, 0.717) is 17.9 Å². The van der Waals surface area contributed by atoms with Gasteiger partial charge in [-0.05, 0) is 24.7 Å². The molecule has 12 heavy (non-hydrogen) atoms. The standard InChI is InChI=1S/C10H21NO/c1-3-4-8(2)10(11)9-5-6-12-7-9/h8-10H,3-7,11H2,1-2H3. The zero-order valence-corrected chi connectivity index (χ0v) is 8.25. The van der Waals surface area contributed by atoms with Gasteiger partial charge in [-0.3, -0.25) is 0 Å². The first-order valence-electron chi connectivity index (χ1n) is 5.09. The molecule has 1 rings (SSSR count). The second-order valence-electron chi connectivity index (χ2n) is 3.97. The summed E-state index contributed by atoms with van der Waals surface area (Å²) in [6, 6.07) is 0.354. The first-order chi connectivity index (χ1) is 5.75. The Balaban J connectivity index is 2.29. The van der Waals surface area contributed by atoms with E-state index < -0.39 is 0 Å². The minimum Gasteiger partial charge on any atom is -0.381 e. The molecule has 1 aliphatic heterocycles. The predicted octanol–water partition coefficient (Wildman–Crippen LogP) is 1.79. The zero-order chi connectivity index (χ0) is 8.97. The molecule has 0 bridgehead atoms. The Hall–Kier alpha value is -0.0800. The minimum atomic E-state index is 0.354. The highest BCUT2D eigenvalue weighted by Crippen LogP contribution is 2.22. The van der Waals surface area contributed by atoms with E-state index in [9.17, 15) is 0 Å². The van der Waals surface area contributed by atoms with Crippen molar-refractivity contribution in [2.45, 2.75) is 39.2 Å². The Morgan fingerprint density at radius 1 is 1.58 bits per heavy atom.